The number of anilines is 1. The van der Waals surface area contributed by atoms with E-state index < -0.39 is 23.7 Å². The molecule has 9 heteroatoms. The number of hydrogen-bond donors (Lipinski definition) is 1. The fourth-order valence-electron chi connectivity index (χ4n) is 2.78. The van der Waals surface area contributed by atoms with Crippen molar-refractivity contribution in [2.45, 2.75) is 13.3 Å². The van der Waals surface area contributed by atoms with Crippen LogP contribution < -0.4 is 19.7 Å². The highest BCUT2D eigenvalue weighted by atomic mass is 79.9. The van der Waals surface area contributed by atoms with Gasteiger partial charge in [-0.3, -0.25) is 14.9 Å². The number of rotatable bonds is 6. The van der Waals surface area contributed by atoms with Gasteiger partial charge in [-0.15, -0.1) is 0 Å². The molecule has 0 saturated carbocycles. The molecule has 1 aliphatic rings. The molecule has 1 saturated heterocycles. The zero-order valence-corrected chi connectivity index (χ0v) is 17.8. The van der Waals surface area contributed by atoms with Crippen LogP contribution in [0.5, 0.6) is 11.5 Å². The zero-order valence-electron chi connectivity index (χ0n) is 16.2. The lowest BCUT2D eigenvalue weighted by Crippen LogP contribution is -2.54. The van der Waals surface area contributed by atoms with Crippen LogP contribution in [-0.4, -0.2) is 31.6 Å². The molecule has 2 aromatic carbocycles. The van der Waals surface area contributed by atoms with Gasteiger partial charge in [0.1, 0.15) is 11.4 Å². The number of ether oxygens (including phenoxy) is 2. The van der Waals surface area contributed by atoms with Crippen LogP contribution in [0.1, 0.15) is 18.9 Å². The molecule has 0 bridgehead atoms. The number of nitrogens with zero attached hydrogens (tertiary/aromatic N) is 1. The highest BCUT2D eigenvalue weighted by molar-refractivity contribution is 9.10. The largest absolute Gasteiger partial charge is 0.493 e. The van der Waals surface area contributed by atoms with Crippen molar-refractivity contribution in [3.8, 4) is 11.5 Å². The summed E-state index contributed by atoms with van der Waals surface area (Å²) in [5.41, 5.74) is 0.351. The minimum Gasteiger partial charge on any atom is -0.493 e. The molecule has 0 unspecified atom stereocenters. The van der Waals surface area contributed by atoms with Crippen molar-refractivity contribution in [1.29, 1.82) is 0 Å². The van der Waals surface area contributed by atoms with Gasteiger partial charge in [-0.1, -0.05) is 22.9 Å². The summed E-state index contributed by atoms with van der Waals surface area (Å²) >= 11 is 3.40. The minimum absolute atomic E-state index is 0.136. The Bertz CT molecular complexity index is 1040. The molecule has 30 heavy (non-hydrogen) atoms. The number of methoxy groups -OCH3 is 1. The number of carbonyl (C=O) groups is 3. The predicted molar refractivity (Wildman–Crippen MR) is 112 cm³/mol. The number of urea groups is 1. The number of barbiturate groups is 1. The third-order valence-corrected chi connectivity index (χ3v) is 4.92. The SMILES string of the molecule is CCCOc1cc(Br)c(C=C2C(=O)NC(=O)N(c3ccc(F)cc3)C2=O)cc1OC. The average molecular weight is 477 g/mol. The number of hydrogen-bond acceptors (Lipinski definition) is 5. The van der Waals surface area contributed by atoms with Gasteiger partial charge in [-0.05, 0) is 54.5 Å². The lowest BCUT2D eigenvalue weighted by atomic mass is 10.1. The molecule has 0 aromatic heterocycles. The van der Waals surface area contributed by atoms with Gasteiger partial charge in [-0.2, -0.15) is 0 Å². The third kappa shape index (κ3) is 4.35. The fraction of sp³-hybridized carbons (Fsp3) is 0.190. The second kappa shape index (κ2) is 9.08. The van der Waals surface area contributed by atoms with Gasteiger partial charge in [-0.25, -0.2) is 14.1 Å². The first-order valence-corrected chi connectivity index (χ1v) is 9.82. The number of nitrogens with one attached hydrogen (secondary N) is 1. The lowest BCUT2D eigenvalue weighted by Gasteiger charge is -2.26. The number of imide groups is 2. The Balaban J connectivity index is 2.01. The molecule has 0 aliphatic carbocycles. The van der Waals surface area contributed by atoms with Gasteiger partial charge >= 0.3 is 6.03 Å². The molecule has 1 aliphatic heterocycles. The maximum Gasteiger partial charge on any atom is 0.335 e. The Kier molecular flexibility index (Phi) is 6.51. The van der Waals surface area contributed by atoms with Gasteiger partial charge in [0.2, 0.25) is 0 Å². The van der Waals surface area contributed by atoms with Crippen molar-refractivity contribution < 1.29 is 28.2 Å². The topological polar surface area (TPSA) is 84.9 Å². The summed E-state index contributed by atoms with van der Waals surface area (Å²) in [6, 6.07) is 7.17. The summed E-state index contributed by atoms with van der Waals surface area (Å²) in [5.74, 6) is -1.24. The van der Waals surface area contributed by atoms with Crippen molar-refractivity contribution >= 4 is 45.5 Å². The maximum atomic E-state index is 13.2. The first kappa shape index (κ1) is 21.5. The molecule has 1 fully saturated rings. The average Bonchev–Trinajstić information content (AvgIpc) is 2.71. The summed E-state index contributed by atoms with van der Waals surface area (Å²) in [6.45, 7) is 2.47. The Morgan fingerprint density at radius 2 is 1.83 bits per heavy atom. The first-order valence-electron chi connectivity index (χ1n) is 9.03. The Morgan fingerprint density at radius 1 is 1.13 bits per heavy atom. The van der Waals surface area contributed by atoms with Crippen molar-refractivity contribution in [3.05, 3.63) is 57.8 Å². The molecule has 1 N–H and O–H groups in total. The molecule has 156 valence electrons. The van der Waals surface area contributed by atoms with Crippen LogP contribution in [-0.2, 0) is 9.59 Å². The summed E-state index contributed by atoms with van der Waals surface area (Å²) in [5, 5.41) is 2.12. The number of carbonyl (C=O) groups excluding carboxylic acids is 3. The standard InChI is InChI=1S/C21H18BrFN2O5/c1-3-8-30-18-11-16(22)12(10-17(18)29-2)9-15-19(26)24-21(28)25(20(15)27)14-6-4-13(23)5-7-14/h4-7,9-11H,3,8H2,1-2H3,(H,24,26,28). The van der Waals surface area contributed by atoms with E-state index in [1.165, 1.54) is 25.3 Å². The monoisotopic (exact) mass is 476 g/mol. The van der Waals surface area contributed by atoms with Crippen molar-refractivity contribution in [2.24, 2.45) is 0 Å². The summed E-state index contributed by atoms with van der Waals surface area (Å²) < 4.78 is 24.7. The molecular formula is C21H18BrFN2O5. The van der Waals surface area contributed by atoms with Crippen molar-refractivity contribution in [2.75, 3.05) is 18.6 Å². The molecule has 1 heterocycles. The molecule has 2 aromatic rings. The number of halogens is 2. The van der Waals surface area contributed by atoms with E-state index in [9.17, 15) is 18.8 Å². The minimum atomic E-state index is -0.909. The van der Waals surface area contributed by atoms with E-state index in [-0.39, 0.29) is 11.3 Å². The van der Waals surface area contributed by atoms with E-state index in [1.54, 1.807) is 12.1 Å². The van der Waals surface area contributed by atoms with Crippen LogP contribution in [0, 0.1) is 5.82 Å². The molecule has 4 amide bonds. The Morgan fingerprint density at radius 3 is 2.47 bits per heavy atom. The van der Waals surface area contributed by atoms with Crippen LogP contribution in [0.4, 0.5) is 14.9 Å². The van der Waals surface area contributed by atoms with Crippen LogP contribution in [0.3, 0.4) is 0 Å². The summed E-state index contributed by atoms with van der Waals surface area (Å²) in [6.07, 6.45) is 2.16. The van der Waals surface area contributed by atoms with Crippen LogP contribution in [0.2, 0.25) is 0 Å². The van der Waals surface area contributed by atoms with Gasteiger partial charge in [0.15, 0.2) is 11.5 Å². The molecule has 0 spiro atoms. The molecular weight excluding hydrogens is 459 g/mol. The van der Waals surface area contributed by atoms with Crippen molar-refractivity contribution in [3.63, 3.8) is 0 Å². The molecule has 3 rings (SSSR count). The second-order valence-electron chi connectivity index (χ2n) is 6.31. The predicted octanol–water partition coefficient (Wildman–Crippen LogP) is 4.05. The fourth-order valence-corrected chi connectivity index (χ4v) is 3.22. The number of amides is 4. The van der Waals surface area contributed by atoms with Crippen molar-refractivity contribution in [1.82, 2.24) is 5.32 Å². The molecule has 0 radical (unpaired) electrons. The molecule has 0 atom stereocenters. The number of benzene rings is 2. The highest BCUT2D eigenvalue weighted by Crippen LogP contribution is 2.35. The summed E-state index contributed by atoms with van der Waals surface area (Å²) in [7, 11) is 1.48. The Labute approximate surface area is 180 Å². The van der Waals surface area contributed by atoms with Crippen LogP contribution in [0.15, 0.2) is 46.4 Å². The normalized spacial score (nSPS) is 15.4. The highest BCUT2D eigenvalue weighted by Gasteiger charge is 2.37. The third-order valence-electron chi connectivity index (χ3n) is 4.23. The van der Waals surface area contributed by atoms with E-state index >= 15 is 0 Å². The van der Waals surface area contributed by atoms with Crippen LogP contribution in [0.25, 0.3) is 6.08 Å². The molecule has 7 nitrogen and oxygen atoms in total. The maximum absolute atomic E-state index is 13.2. The summed E-state index contributed by atoms with van der Waals surface area (Å²) in [4.78, 5) is 38.3. The van der Waals surface area contributed by atoms with E-state index in [1.807, 2.05) is 6.92 Å². The zero-order chi connectivity index (χ0) is 21.8. The van der Waals surface area contributed by atoms with E-state index in [0.717, 1.165) is 23.5 Å². The van der Waals surface area contributed by atoms with Crippen LogP contribution >= 0.6 is 15.9 Å². The first-order chi connectivity index (χ1) is 14.3. The quantitative estimate of drug-likeness (QED) is 0.502. The second-order valence-corrected chi connectivity index (χ2v) is 7.16. The lowest BCUT2D eigenvalue weighted by molar-refractivity contribution is -0.122. The smallest absolute Gasteiger partial charge is 0.335 e. The van der Waals surface area contributed by atoms with Gasteiger partial charge in [0, 0.05) is 4.47 Å². The van der Waals surface area contributed by atoms with E-state index in [0.29, 0.717) is 28.1 Å². The van der Waals surface area contributed by atoms with Gasteiger partial charge in [0.05, 0.1) is 19.4 Å². The van der Waals surface area contributed by atoms with Gasteiger partial charge in [0.25, 0.3) is 11.8 Å². The Hall–Kier alpha value is -3.20. The van der Waals surface area contributed by atoms with E-state index in [2.05, 4.69) is 21.2 Å². The van der Waals surface area contributed by atoms with E-state index in [4.69, 9.17) is 9.47 Å². The van der Waals surface area contributed by atoms with Gasteiger partial charge < -0.3 is 9.47 Å².